The minimum Gasteiger partial charge on any atom is -0.352 e. The van der Waals surface area contributed by atoms with Crippen molar-refractivity contribution in [1.29, 1.82) is 0 Å². The number of H-pyrrole nitrogens is 1. The van der Waals surface area contributed by atoms with E-state index in [0.29, 0.717) is 10.7 Å². The number of carbonyl (C=O) groups excluding carboxylic acids is 1. The molecule has 0 atom stereocenters. The molecule has 1 heterocycles. The van der Waals surface area contributed by atoms with E-state index in [9.17, 15) is 4.79 Å². The second kappa shape index (κ2) is 3.14. The minimum absolute atomic E-state index is 0.0247. The summed E-state index contributed by atoms with van der Waals surface area (Å²) in [7, 11) is 0. The Kier molecular flexibility index (Phi) is 2.08. The van der Waals surface area contributed by atoms with E-state index in [1.165, 1.54) is 6.92 Å². The van der Waals surface area contributed by atoms with E-state index in [2.05, 4.69) is 4.98 Å². The Bertz CT molecular complexity index is 474. The van der Waals surface area contributed by atoms with Crippen LogP contribution in [0.5, 0.6) is 0 Å². The number of benzene rings is 1. The molecule has 0 aliphatic carbocycles. The van der Waals surface area contributed by atoms with Crippen LogP contribution in [0.15, 0.2) is 18.2 Å². The first kappa shape index (κ1) is 9.28. The zero-order valence-corrected chi connectivity index (χ0v) is 8.77. The lowest BCUT2D eigenvalue weighted by atomic mass is 10.1. The van der Waals surface area contributed by atoms with Crippen LogP contribution in [0.25, 0.3) is 10.9 Å². The monoisotopic (exact) mass is 207 g/mol. The Morgan fingerprint density at radius 2 is 2.14 bits per heavy atom. The summed E-state index contributed by atoms with van der Waals surface area (Å²) in [5, 5.41) is 1.59. The van der Waals surface area contributed by atoms with Gasteiger partial charge in [0.15, 0.2) is 5.78 Å². The Balaban J connectivity index is 2.82. The average molecular weight is 208 g/mol. The van der Waals surface area contributed by atoms with E-state index in [4.69, 9.17) is 11.6 Å². The van der Waals surface area contributed by atoms with E-state index in [1.54, 1.807) is 6.07 Å². The Morgan fingerprint density at radius 3 is 2.71 bits per heavy atom. The number of rotatable bonds is 1. The van der Waals surface area contributed by atoms with E-state index < -0.39 is 0 Å². The SMILES string of the molecule is CC(=O)c1cc2c(Cl)ccc(C)c2[nH]1. The molecule has 0 fully saturated rings. The molecule has 0 saturated carbocycles. The molecule has 0 saturated heterocycles. The maximum Gasteiger partial charge on any atom is 0.175 e. The first-order chi connectivity index (χ1) is 6.59. The number of aryl methyl sites for hydroxylation is 1. The van der Waals surface area contributed by atoms with Gasteiger partial charge in [0.1, 0.15) is 0 Å². The Labute approximate surface area is 86.9 Å². The third-order valence-electron chi connectivity index (χ3n) is 2.33. The normalized spacial score (nSPS) is 10.8. The standard InChI is InChI=1S/C11H10ClNO/c1-6-3-4-9(12)8-5-10(7(2)14)13-11(6)8/h3-5,13H,1-2H3. The van der Waals surface area contributed by atoms with Gasteiger partial charge in [0.25, 0.3) is 0 Å². The molecule has 0 radical (unpaired) electrons. The molecule has 3 heteroatoms. The summed E-state index contributed by atoms with van der Waals surface area (Å²) in [5.41, 5.74) is 2.65. The lowest BCUT2D eigenvalue weighted by Gasteiger charge is -1.96. The van der Waals surface area contributed by atoms with Crippen molar-refractivity contribution in [2.45, 2.75) is 13.8 Å². The van der Waals surface area contributed by atoms with Crippen LogP contribution in [0.1, 0.15) is 23.0 Å². The number of fused-ring (bicyclic) bond motifs is 1. The van der Waals surface area contributed by atoms with Gasteiger partial charge in [-0.2, -0.15) is 0 Å². The quantitative estimate of drug-likeness (QED) is 0.715. The first-order valence-electron chi connectivity index (χ1n) is 4.38. The van der Waals surface area contributed by atoms with E-state index in [-0.39, 0.29) is 5.78 Å². The van der Waals surface area contributed by atoms with E-state index in [1.807, 2.05) is 19.1 Å². The van der Waals surface area contributed by atoms with Gasteiger partial charge >= 0.3 is 0 Å². The fraction of sp³-hybridized carbons (Fsp3) is 0.182. The summed E-state index contributed by atoms with van der Waals surface area (Å²) in [6.45, 7) is 3.52. The fourth-order valence-electron chi connectivity index (χ4n) is 1.51. The Morgan fingerprint density at radius 1 is 1.43 bits per heavy atom. The number of carbonyl (C=O) groups is 1. The maximum atomic E-state index is 11.2. The van der Waals surface area contributed by atoms with Crippen molar-refractivity contribution in [2.24, 2.45) is 0 Å². The van der Waals surface area contributed by atoms with E-state index in [0.717, 1.165) is 16.5 Å². The number of aromatic nitrogens is 1. The van der Waals surface area contributed by atoms with Gasteiger partial charge in [0.05, 0.1) is 11.2 Å². The highest BCUT2D eigenvalue weighted by molar-refractivity contribution is 6.35. The minimum atomic E-state index is 0.0247. The second-order valence-corrected chi connectivity index (χ2v) is 3.80. The molecule has 2 aromatic rings. The molecule has 2 rings (SSSR count). The van der Waals surface area contributed by atoms with Gasteiger partial charge in [-0.25, -0.2) is 0 Å². The predicted octanol–water partition coefficient (Wildman–Crippen LogP) is 3.33. The molecule has 1 aromatic heterocycles. The first-order valence-corrected chi connectivity index (χ1v) is 4.76. The molecule has 0 aliphatic heterocycles. The number of hydrogen-bond acceptors (Lipinski definition) is 1. The van der Waals surface area contributed by atoms with Crippen molar-refractivity contribution in [3.05, 3.63) is 34.5 Å². The summed E-state index contributed by atoms with van der Waals surface area (Å²) < 4.78 is 0. The summed E-state index contributed by atoms with van der Waals surface area (Å²) in [5.74, 6) is 0.0247. The van der Waals surface area contributed by atoms with Gasteiger partial charge in [-0.1, -0.05) is 17.7 Å². The number of nitrogens with one attached hydrogen (secondary N) is 1. The molecule has 0 spiro atoms. The number of aromatic amines is 1. The lowest BCUT2D eigenvalue weighted by molar-refractivity contribution is 0.101. The number of hydrogen-bond donors (Lipinski definition) is 1. The number of ketones is 1. The number of halogens is 1. The van der Waals surface area contributed by atoms with Crippen molar-refractivity contribution < 1.29 is 4.79 Å². The van der Waals surface area contributed by atoms with Gasteiger partial charge in [-0.05, 0) is 24.6 Å². The van der Waals surface area contributed by atoms with Crippen molar-refractivity contribution >= 4 is 28.3 Å². The summed E-state index contributed by atoms with van der Waals surface area (Å²) in [6.07, 6.45) is 0. The van der Waals surface area contributed by atoms with Gasteiger partial charge in [-0.3, -0.25) is 4.79 Å². The van der Waals surface area contributed by atoms with Crippen LogP contribution in [0, 0.1) is 6.92 Å². The fourth-order valence-corrected chi connectivity index (χ4v) is 1.73. The topological polar surface area (TPSA) is 32.9 Å². The lowest BCUT2D eigenvalue weighted by Crippen LogP contribution is -1.90. The molecule has 0 aliphatic rings. The second-order valence-electron chi connectivity index (χ2n) is 3.39. The smallest absolute Gasteiger partial charge is 0.175 e. The van der Waals surface area contributed by atoms with Crippen molar-refractivity contribution in [3.63, 3.8) is 0 Å². The van der Waals surface area contributed by atoms with Crippen LogP contribution in [0.2, 0.25) is 5.02 Å². The maximum absolute atomic E-state index is 11.2. The Hall–Kier alpha value is -1.28. The highest BCUT2D eigenvalue weighted by Crippen LogP contribution is 2.26. The molecule has 0 unspecified atom stereocenters. The number of Topliss-reactive ketones (excluding diaryl/α,β-unsaturated/α-hetero) is 1. The molecule has 14 heavy (non-hydrogen) atoms. The third kappa shape index (κ3) is 1.32. The van der Waals surface area contributed by atoms with Gasteiger partial charge in [0.2, 0.25) is 0 Å². The zero-order chi connectivity index (χ0) is 10.3. The van der Waals surface area contributed by atoms with Crippen LogP contribution in [-0.4, -0.2) is 10.8 Å². The van der Waals surface area contributed by atoms with Crippen molar-refractivity contribution in [1.82, 2.24) is 4.98 Å². The van der Waals surface area contributed by atoms with Crippen molar-refractivity contribution in [3.8, 4) is 0 Å². The summed E-state index contributed by atoms with van der Waals surface area (Å²) in [6, 6.07) is 5.58. The molecule has 1 aromatic carbocycles. The predicted molar refractivity (Wildman–Crippen MR) is 58.1 cm³/mol. The van der Waals surface area contributed by atoms with Crippen LogP contribution >= 0.6 is 11.6 Å². The molecule has 0 amide bonds. The van der Waals surface area contributed by atoms with Crippen LogP contribution in [0.4, 0.5) is 0 Å². The van der Waals surface area contributed by atoms with Gasteiger partial charge < -0.3 is 4.98 Å². The molecule has 72 valence electrons. The van der Waals surface area contributed by atoms with Gasteiger partial charge in [-0.15, -0.1) is 0 Å². The molecular formula is C11H10ClNO. The van der Waals surface area contributed by atoms with Crippen LogP contribution in [-0.2, 0) is 0 Å². The summed E-state index contributed by atoms with van der Waals surface area (Å²) >= 11 is 6.02. The average Bonchev–Trinajstić information content (AvgIpc) is 2.57. The molecule has 1 N–H and O–H groups in total. The molecule has 0 bridgehead atoms. The van der Waals surface area contributed by atoms with Gasteiger partial charge in [0, 0.05) is 17.3 Å². The highest BCUT2D eigenvalue weighted by atomic mass is 35.5. The zero-order valence-electron chi connectivity index (χ0n) is 8.02. The largest absolute Gasteiger partial charge is 0.352 e. The highest BCUT2D eigenvalue weighted by Gasteiger charge is 2.08. The van der Waals surface area contributed by atoms with Crippen LogP contribution in [0.3, 0.4) is 0 Å². The molecule has 2 nitrogen and oxygen atoms in total. The van der Waals surface area contributed by atoms with Crippen LogP contribution < -0.4 is 0 Å². The van der Waals surface area contributed by atoms with E-state index >= 15 is 0 Å². The molecular weight excluding hydrogens is 198 g/mol. The summed E-state index contributed by atoms with van der Waals surface area (Å²) in [4.78, 5) is 14.2. The third-order valence-corrected chi connectivity index (χ3v) is 2.66. The van der Waals surface area contributed by atoms with Crippen molar-refractivity contribution in [2.75, 3.05) is 0 Å².